The maximum atomic E-state index is 12.9. The minimum Gasteiger partial charge on any atom is -0.481 e. The monoisotopic (exact) mass is 516 g/mol. The van der Waals surface area contributed by atoms with Crippen LogP contribution in [0.25, 0.3) is 0 Å². The molecule has 0 aliphatic rings. The van der Waals surface area contributed by atoms with Gasteiger partial charge in [0.2, 0.25) is 11.8 Å². The van der Waals surface area contributed by atoms with Gasteiger partial charge in [0, 0.05) is 19.4 Å². The lowest BCUT2D eigenvalue weighted by molar-refractivity contribution is -0.137. The first-order chi connectivity index (χ1) is 18.0. The standard InChI is InChI=1S/C31H52N2O4/c1-2-3-4-5-6-7-8-9-10-11-13-19-24-28(34)33-30(27-22-17-16-18-23-27)31(37)32-26-21-15-12-14-20-25-29(35)36/h16-18,22-23,30H,2-15,19-21,24-26H2,1H3,(H,32,37)(H,33,34)(H,35,36)/t30-/m1/s1. The van der Waals surface area contributed by atoms with E-state index < -0.39 is 12.0 Å². The van der Waals surface area contributed by atoms with Gasteiger partial charge in [-0.25, -0.2) is 0 Å². The molecule has 0 aliphatic heterocycles. The van der Waals surface area contributed by atoms with Crippen LogP contribution in [-0.2, 0) is 14.4 Å². The number of carbonyl (C=O) groups is 3. The third kappa shape index (κ3) is 18.5. The number of nitrogens with one attached hydrogen (secondary N) is 2. The van der Waals surface area contributed by atoms with Gasteiger partial charge >= 0.3 is 5.97 Å². The molecule has 6 heteroatoms. The van der Waals surface area contributed by atoms with Crippen molar-refractivity contribution in [2.75, 3.05) is 6.54 Å². The number of benzene rings is 1. The van der Waals surface area contributed by atoms with E-state index in [1.807, 2.05) is 30.3 Å². The molecule has 0 bridgehead atoms. The Morgan fingerprint density at radius 2 is 1.16 bits per heavy atom. The highest BCUT2D eigenvalue weighted by molar-refractivity contribution is 5.88. The Bertz CT molecular complexity index is 723. The van der Waals surface area contributed by atoms with Crippen LogP contribution in [0.15, 0.2) is 30.3 Å². The third-order valence-corrected chi connectivity index (χ3v) is 6.82. The molecule has 0 saturated carbocycles. The molecule has 0 saturated heterocycles. The Morgan fingerprint density at radius 3 is 1.70 bits per heavy atom. The number of amides is 2. The highest BCUT2D eigenvalue weighted by atomic mass is 16.4. The molecule has 1 aromatic carbocycles. The normalized spacial score (nSPS) is 11.7. The van der Waals surface area contributed by atoms with Crippen LogP contribution >= 0.6 is 0 Å². The van der Waals surface area contributed by atoms with E-state index in [0.29, 0.717) is 19.4 Å². The second-order valence-electron chi connectivity index (χ2n) is 10.3. The second-order valence-corrected chi connectivity index (χ2v) is 10.3. The molecule has 0 unspecified atom stereocenters. The minimum absolute atomic E-state index is 0.0745. The number of aliphatic carboxylic acids is 1. The van der Waals surface area contributed by atoms with Crippen LogP contribution < -0.4 is 10.6 Å². The average Bonchev–Trinajstić information content (AvgIpc) is 2.89. The molecule has 2 amide bonds. The van der Waals surface area contributed by atoms with E-state index in [0.717, 1.165) is 44.1 Å². The fourth-order valence-electron chi connectivity index (χ4n) is 4.55. The molecule has 1 rings (SSSR count). The van der Waals surface area contributed by atoms with Crippen LogP contribution in [0.2, 0.25) is 0 Å². The molecule has 210 valence electrons. The third-order valence-electron chi connectivity index (χ3n) is 6.82. The predicted molar refractivity (Wildman–Crippen MR) is 151 cm³/mol. The SMILES string of the molecule is CCCCCCCCCCCCCCC(=O)N[C@@H](C(=O)NCCCCCCCC(=O)O)c1ccccc1. The average molecular weight is 517 g/mol. The Labute approximate surface area is 225 Å². The molecular formula is C31H52N2O4. The van der Waals surface area contributed by atoms with E-state index in [9.17, 15) is 14.4 Å². The summed E-state index contributed by atoms with van der Waals surface area (Å²) in [4.78, 5) is 36.0. The summed E-state index contributed by atoms with van der Waals surface area (Å²) in [6, 6.07) is 8.72. The Hall–Kier alpha value is -2.37. The lowest BCUT2D eigenvalue weighted by Gasteiger charge is -2.19. The van der Waals surface area contributed by atoms with Crippen LogP contribution in [0.4, 0.5) is 0 Å². The summed E-state index contributed by atoms with van der Waals surface area (Å²) in [6.45, 7) is 2.80. The van der Waals surface area contributed by atoms with Gasteiger partial charge in [0.25, 0.3) is 0 Å². The van der Waals surface area contributed by atoms with Crippen molar-refractivity contribution < 1.29 is 19.5 Å². The molecule has 6 nitrogen and oxygen atoms in total. The predicted octanol–water partition coefficient (Wildman–Crippen LogP) is 7.48. The quantitative estimate of drug-likeness (QED) is 0.124. The van der Waals surface area contributed by atoms with E-state index in [1.54, 1.807) is 0 Å². The molecule has 1 aromatic rings. The van der Waals surface area contributed by atoms with E-state index in [-0.39, 0.29) is 18.2 Å². The van der Waals surface area contributed by atoms with Crippen molar-refractivity contribution in [3.05, 3.63) is 35.9 Å². The highest BCUT2D eigenvalue weighted by Crippen LogP contribution is 2.15. The second kappa shape index (κ2) is 22.8. The Balaban J connectivity index is 2.23. The van der Waals surface area contributed by atoms with Crippen molar-refractivity contribution >= 4 is 17.8 Å². The fraction of sp³-hybridized carbons (Fsp3) is 0.710. The van der Waals surface area contributed by atoms with Crippen molar-refractivity contribution in [2.24, 2.45) is 0 Å². The molecule has 37 heavy (non-hydrogen) atoms. The summed E-state index contributed by atoms with van der Waals surface area (Å²) in [5.41, 5.74) is 0.789. The van der Waals surface area contributed by atoms with Crippen LogP contribution in [0.1, 0.15) is 141 Å². The zero-order valence-corrected chi connectivity index (χ0v) is 23.3. The van der Waals surface area contributed by atoms with Crippen LogP contribution in [-0.4, -0.2) is 29.4 Å². The van der Waals surface area contributed by atoms with E-state index in [4.69, 9.17) is 5.11 Å². The molecule has 0 spiro atoms. The van der Waals surface area contributed by atoms with Crippen molar-refractivity contribution in [3.63, 3.8) is 0 Å². The smallest absolute Gasteiger partial charge is 0.303 e. The van der Waals surface area contributed by atoms with E-state index in [2.05, 4.69) is 17.6 Å². The van der Waals surface area contributed by atoms with Crippen molar-refractivity contribution in [1.82, 2.24) is 10.6 Å². The molecule has 1 atom stereocenters. The summed E-state index contributed by atoms with van der Waals surface area (Å²) in [7, 11) is 0. The molecular weight excluding hydrogens is 464 g/mol. The molecule has 0 fully saturated rings. The summed E-state index contributed by atoms with van der Waals surface area (Å²) in [5, 5.41) is 14.6. The van der Waals surface area contributed by atoms with Gasteiger partial charge in [-0.15, -0.1) is 0 Å². The van der Waals surface area contributed by atoms with Gasteiger partial charge in [-0.2, -0.15) is 0 Å². The first-order valence-electron chi connectivity index (χ1n) is 14.9. The molecule has 0 radical (unpaired) electrons. The number of unbranched alkanes of at least 4 members (excludes halogenated alkanes) is 15. The van der Waals surface area contributed by atoms with Gasteiger partial charge in [-0.05, 0) is 24.8 Å². The van der Waals surface area contributed by atoms with Gasteiger partial charge < -0.3 is 15.7 Å². The maximum Gasteiger partial charge on any atom is 0.303 e. The summed E-state index contributed by atoms with van der Waals surface area (Å²) in [5.74, 6) is -1.00. The van der Waals surface area contributed by atoms with Gasteiger partial charge in [0.15, 0.2) is 0 Å². The maximum absolute atomic E-state index is 12.9. The largest absolute Gasteiger partial charge is 0.481 e. The van der Waals surface area contributed by atoms with Gasteiger partial charge in [0.05, 0.1) is 0 Å². The summed E-state index contributed by atoms with van der Waals surface area (Å²) in [6.07, 6.45) is 20.1. The van der Waals surface area contributed by atoms with E-state index >= 15 is 0 Å². The zero-order valence-electron chi connectivity index (χ0n) is 23.3. The lowest BCUT2D eigenvalue weighted by Crippen LogP contribution is -2.40. The summed E-state index contributed by atoms with van der Waals surface area (Å²) < 4.78 is 0. The molecule has 3 N–H and O–H groups in total. The summed E-state index contributed by atoms with van der Waals surface area (Å²) >= 11 is 0. The Kier molecular flexibility index (Phi) is 20.1. The van der Waals surface area contributed by atoms with Crippen molar-refractivity contribution in [3.8, 4) is 0 Å². The lowest BCUT2D eigenvalue weighted by atomic mass is 10.0. The van der Waals surface area contributed by atoms with Crippen LogP contribution in [0.3, 0.4) is 0 Å². The number of hydrogen-bond donors (Lipinski definition) is 3. The number of carboxylic acids is 1. The van der Waals surface area contributed by atoms with Crippen LogP contribution in [0.5, 0.6) is 0 Å². The van der Waals surface area contributed by atoms with Gasteiger partial charge in [-0.1, -0.05) is 127 Å². The Morgan fingerprint density at radius 1 is 0.676 bits per heavy atom. The number of rotatable bonds is 24. The van der Waals surface area contributed by atoms with Crippen LogP contribution in [0, 0.1) is 0 Å². The topological polar surface area (TPSA) is 95.5 Å². The van der Waals surface area contributed by atoms with Crippen molar-refractivity contribution in [1.29, 1.82) is 0 Å². The first kappa shape index (κ1) is 32.7. The first-order valence-corrected chi connectivity index (χ1v) is 14.9. The highest BCUT2D eigenvalue weighted by Gasteiger charge is 2.22. The molecule has 0 aromatic heterocycles. The van der Waals surface area contributed by atoms with Gasteiger partial charge in [-0.3, -0.25) is 14.4 Å². The van der Waals surface area contributed by atoms with Crippen molar-refractivity contribution in [2.45, 2.75) is 135 Å². The number of hydrogen-bond acceptors (Lipinski definition) is 3. The number of carbonyl (C=O) groups excluding carboxylic acids is 2. The van der Waals surface area contributed by atoms with Gasteiger partial charge in [0.1, 0.15) is 6.04 Å². The minimum atomic E-state index is -0.750. The fourth-order valence-corrected chi connectivity index (χ4v) is 4.55. The van der Waals surface area contributed by atoms with E-state index in [1.165, 1.54) is 64.2 Å². The molecule has 0 aliphatic carbocycles. The molecule has 0 heterocycles. The number of carboxylic acid groups (broad SMARTS) is 1. The zero-order chi connectivity index (χ0) is 27.0.